The molecule has 1 aromatic rings. The van der Waals surface area contributed by atoms with Crippen LogP contribution >= 0.6 is 0 Å². The Bertz CT molecular complexity index is 643. The number of hydrogen-bond acceptors (Lipinski definition) is 6. The van der Waals surface area contributed by atoms with Crippen molar-refractivity contribution in [2.45, 2.75) is 32.2 Å². The highest BCUT2D eigenvalue weighted by Crippen LogP contribution is 2.40. The second-order valence-corrected chi connectivity index (χ2v) is 10.9. The molecule has 0 aliphatic carbocycles. The predicted octanol–water partition coefficient (Wildman–Crippen LogP) is 2.50. The van der Waals surface area contributed by atoms with E-state index in [0.29, 0.717) is 17.1 Å². The van der Waals surface area contributed by atoms with Gasteiger partial charge in [-0.1, -0.05) is 0 Å². The summed E-state index contributed by atoms with van der Waals surface area (Å²) in [6.07, 6.45) is 0. The molecule has 7 heteroatoms. The number of ether oxygens (including phenoxy) is 3. The second-order valence-electron chi connectivity index (χ2n) is 6.47. The van der Waals surface area contributed by atoms with Gasteiger partial charge in [0.1, 0.15) is 11.5 Å². The molecule has 1 aliphatic rings. The van der Waals surface area contributed by atoms with Crippen LogP contribution in [0.15, 0.2) is 29.8 Å². The quantitative estimate of drug-likeness (QED) is 0.832. The molecule has 1 heterocycles. The molecule has 0 radical (unpaired) electrons. The van der Waals surface area contributed by atoms with Crippen LogP contribution in [0.3, 0.4) is 0 Å². The van der Waals surface area contributed by atoms with Crippen LogP contribution in [-0.4, -0.2) is 28.3 Å². The topological polar surface area (TPSA) is 80.0 Å². The van der Waals surface area contributed by atoms with E-state index in [2.05, 4.69) is 0 Å². The maximum Gasteiger partial charge on any atom is 0.249 e. The lowest BCUT2D eigenvalue weighted by atomic mass is 9.91. The van der Waals surface area contributed by atoms with Crippen molar-refractivity contribution in [1.29, 1.82) is 0 Å². The summed E-state index contributed by atoms with van der Waals surface area (Å²) < 4.78 is 22.0. The van der Waals surface area contributed by atoms with Gasteiger partial charge < -0.3 is 24.4 Å². The van der Waals surface area contributed by atoms with E-state index >= 15 is 0 Å². The van der Waals surface area contributed by atoms with E-state index in [-0.39, 0.29) is 17.4 Å². The zero-order chi connectivity index (χ0) is 17.4. The van der Waals surface area contributed by atoms with E-state index < -0.39 is 13.9 Å². The lowest BCUT2D eigenvalue weighted by molar-refractivity contribution is -0.131. The molecule has 2 N–H and O–H groups in total. The van der Waals surface area contributed by atoms with Crippen molar-refractivity contribution in [1.82, 2.24) is 0 Å². The molecule has 1 atom stereocenters. The average Bonchev–Trinajstić information content (AvgIpc) is 2.69. The van der Waals surface area contributed by atoms with Crippen LogP contribution in [0.4, 0.5) is 0 Å². The second kappa shape index (κ2) is 5.81. The molecular weight excluding hydrogens is 314 g/mol. The summed E-state index contributed by atoms with van der Waals surface area (Å²) in [6.45, 7) is 7.59. The molecule has 0 spiro atoms. The molecule has 1 aliphatic heterocycles. The zero-order valence-electron chi connectivity index (χ0n) is 14.4. The van der Waals surface area contributed by atoms with Crippen LogP contribution in [-0.2, 0) is 19.6 Å². The van der Waals surface area contributed by atoms with Crippen molar-refractivity contribution in [3.05, 3.63) is 35.4 Å². The smallest absolute Gasteiger partial charge is 0.249 e. The number of ketones is 1. The Morgan fingerprint density at radius 2 is 1.61 bits per heavy atom. The molecular formula is C16H23NO5Si. The Morgan fingerprint density at radius 3 is 2.04 bits per heavy atom. The largest absolute Gasteiger partial charge is 0.538 e. The van der Waals surface area contributed by atoms with E-state index in [1.165, 1.54) is 0 Å². The van der Waals surface area contributed by atoms with Gasteiger partial charge in [0.2, 0.25) is 25.7 Å². The highest BCUT2D eigenvalue weighted by Gasteiger charge is 2.49. The summed E-state index contributed by atoms with van der Waals surface area (Å²) in [5, 5.41) is 0. The Kier molecular flexibility index (Phi) is 4.34. The van der Waals surface area contributed by atoms with Gasteiger partial charge in [0.05, 0.1) is 14.2 Å². The number of Topliss-reactive ketones (excluding diaryl/α,β-unsaturated/α-hetero) is 1. The van der Waals surface area contributed by atoms with Crippen LogP contribution in [0, 0.1) is 0 Å². The fourth-order valence-corrected chi connectivity index (χ4v) is 3.12. The number of carbonyl (C=O) groups is 1. The van der Waals surface area contributed by atoms with Gasteiger partial charge in [-0.05, 0) is 38.7 Å². The molecule has 2 rings (SSSR count). The first-order chi connectivity index (χ1) is 10.6. The minimum Gasteiger partial charge on any atom is -0.538 e. The number of methoxy groups -OCH3 is 2. The number of benzene rings is 1. The predicted molar refractivity (Wildman–Crippen MR) is 88.6 cm³/mol. The zero-order valence-corrected chi connectivity index (χ0v) is 15.4. The van der Waals surface area contributed by atoms with E-state index in [1.54, 1.807) is 39.3 Å². The molecule has 0 amide bonds. The lowest BCUT2D eigenvalue weighted by Gasteiger charge is -2.24. The van der Waals surface area contributed by atoms with Gasteiger partial charge in [-0.3, -0.25) is 4.79 Å². The minimum absolute atomic E-state index is 0.0155. The maximum absolute atomic E-state index is 12.9. The molecule has 0 bridgehead atoms. The molecule has 0 aromatic heterocycles. The van der Waals surface area contributed by atoms with Crippen molar-refractivity contribution < 1.29 is 23.4 Å². The van der Waals surface area contributed by atoms with Gasteiger partial charge in [0.15, 0.2) is 5.60 Å². The minimum atomic E-state index is -1.99. The summed E-state index contributed by atoms with van der Waals surface area (Å²) in [6, 6.07) is 5.18. The molecule has 126 valence electrons. The number of hydrogen-bond donors (Lipinski definition) is 1. The number of carbonyl (C=O) groups excluding carboxylic acids is 1. The fraction of sp³-hybridized carbons (Fsp3) is 0.438. The molecule has 0 fully saturated rings. The monoisotopic (exact) mass is 337 g/mol. The highest BCUT2D eigenvalue weighted by atomic mass is 28.4. The van der Waals surface area contributed by atoms with E-state index in [0.717, 1.165) is 0 Å². The third kappa shape index (κ3) is 3.29. The number of nitrogens with two attached hydrogens (primary N) is 1. The van der Waals surface area contributed by atoms with E-state index in [1.807, 2.05) is 19.6 Å². The third-order valence-corrected chi connectivity index (χ3v) is 4.30. The first kappa shape index (κ1) is 17.2. The summed E-state index contributed by atoms with van der Waals surface area (Å²) in [5.74, 6) is 0.952. The Morgan fingerprint density at radius 1 is 1.09 bits per heavy atom. The first-order valence-electron chi connectivity index (χ1n) is 7.27. The van der Waals surface area contributed by atoms with Gasteiger partial charge in [-0.2, -0.15) is 0 Å². The lowest BCUT2D eigenvalue weighted by Crippen LogP contribution is -2.34. The van der Waals surface area contributed by atoms with Crippen LogP contribution in [0.25, 0.3) is 0 Å². The van der Waals surface area contributed by atoms with Gasteiger partial charge in [-0.15, -0.1) is 0 Å². The van der Waals surface area contributed by atoms with Gasteiger partial charge in [0, 0.05) is 11.6 Å². The van der Waals surface area contributed by atoms with Crippen molar-refractivity contribution in [3.8, 4) is 11.5 Å². The Hall–Kier alpha value is -2.15. The van der Waals surface area contributed by atoms with Crippen molar-refractivity contribution in [2.75, 3.05) is 14.2 Å². The Balaban J connectivity index is 2.43. The standard InChI is InChI=1S/C16H23NO5Si/c1-16(10-7-11(19-2)9-12(8-10)20-3)14(18)13(15(17)21-16)22-23(4,5)6/h7-9H,17H2,1-6H3. The SMILES string of the molecule is COc1cc(OC)cc(C2(C)OC(N)=C(O[Si](C)(C)C)C2=O)c1. The summed E-state index contributed by atoms with van der Waals surface area (Å²) in [4.78, 5) is 12.9. The number of rotatable bonds is 5. The summed E-state index contributed by atoms with van der Waals surface area (Å²) in [5.41, 5.74) is 5.23. The van der Waals surface area contributed by atoms with Gasteiger partial charge >= 0.3 is 0 Å². The van der Waals surface area contributed by atoms with Crippen LogP contribution in [0.5, 0.6) is 11.5 Å². The van der Waals surface area contributed by atoms with Gasteiger partial charge in [0.25, 0.3) is 0 Å². The fourth-order valence-electron chi connectivity index (χ4n) is 2.32. The summed E-state index contributed by atoms with van der Waals surface area (Å²) in [7, 11) is 1.10. The molecule has 6 nitrogen and oxygen atoms in total. The first-order valence-corrected chi connectivity index (χ1v) is 10.7. The van der Waals surface area contributed by atoms with Crippen LogP contribution in [0.1, 0.15) is 12.5 Å². The van der Waals surface area contributed by atoms with Crippen molar-refractivity contribution in [3.63, 3.8) is 0 Å². The normalized spacial score (nSPS) is 21.2. The van der Waals surface area contributed by atoms with Crippen molar-refractivity contribution in [2.24, 2.45) is 5.73 Å². The Labute approximate surface area is 137 Å². The molecule has 0 saturated heterocycles. The third-order valence-electron chi connectivity index (χ3n) is 3.49. The summed E-state index contributed by atoms with van der Waals surface area (Å²) >= 11 is 0. The van der Waals surface area contributed by atoms with Crippen LogP contribution in [0.2, 0.25) is 19.6 Å². The maximum atomic E-state index is 12.9. The van der Waals surface area contributed by atoms with Gasteiger partial charge in [-0.25, -0.2) is 0 Å². The average molecular weight is 337 g/mol. The van der Waals surface area contributed by atoms with Crippen molar-refractivity contribution >= 4 is 14.1 Å². The molecule has 0 saturated carbocycles. The van der Waals surface area contributed by atoms with E-state index in [9.17, 15) is 4.79 Å². The van der Waals surface area contributed by atoms with E-state index in [4.69, 9.17) is 24.4 Å². The highest BCUT2D eigenvalue weighted by molar-refractivity contribution is 6.70. The van der Waals surface area contributed by atoms with Crippen LogP contribution < -0.4 is 15.2 Å². The molecule has 1 unspecified atom stereocenters. The molecule has 23 heavy (non-hydrogen) atoms. The molecule has 1 aromatic carbocycles.